The molecule has 1 aromatic carbocycles. The lowest BCUT2D eigenvalue weighted by molar-refractivity contribution is 0.0901. The van der Waals surface area contributed by atoms with Crippen molar-refractivity contribution in [1.29, 1.82) is 0 Å². The van der Waals surface area contributed by atoms with Crippen molar-refractivity contribution in [2.45, 2.75) is 19.8 Å². The molecular formula is C15H18N2O. The summed E-state index contributed by atoms with van der Waals surface area (Å²) in [6.07, 6.45) is 2.10. The summed E-state index contributed by atoms with van der Waals surface area (Å²) in [4.78, 5) is 15.9. The summed E-state index contributed by atoms with van der Waals surface area (Å²) < 4.78 is 0. The van der Waals surface area contributed by atoms with Gasteiger partial charge in [0, 0.05) is 34.6 Å². The quantitative estimate of drug-likeness (QED) is 0.795. The minimum absolute atomic E-state index is 0.136. The highest BCUT2D eigenvalue weighted by Gasteiger charge is 2.25. The first-order chi connectivity index (χ1) is 8.77. The number of hydrogen-bond donors (Lipinski definition) is 2. The van der Waals surface area contributed by atoms with Crippen molar-refractivity contribution in [1.82, 2.24) is 10.3 Å². The molecule has 0 aliphatic carbocycles. The third-order valence-electron chi connectivity index (χ3n) is 3.81. The summed E-state index contributed by atoms with van der Waals surface area (Å²) in [7, 11) is 0. The number of aromatic amines is 1. The highest BCUT2D eigenvalue weighted by atomic mass is 16.1. The van der Waals surface area contributed by atoms with E-state index in [2.05, 4.69) is 10.3 Å². The molecule has 2 heterocycles. The smallest absolute Gasteiger partial charge is 0.169 e. The maximum atomic E-state index is 12.6. The van der Waals surface area contributed by atoms with Gasteiger partial charge >= 0.3 is 0 Å². The van der Waals surface area contributed by atoms with Crippen LogP contribution in [0.5, 0.6) is 0 Å². The van der Waals surface area contributed by atoms with Crippen LogP contribution in [0, 0.1) is 12.8 Å². The molecule has 1 fully saturated rings. The monoisotopic (exact) mass is 242 g/mol. The predicted octanol–water partition coefficient (Wildman–Crippen LogP) is 2.66. The molecule has 3 nitrogen and oxygen atoms in total. The van der Waals surface area contributed by atoms with E-state index < -0.39 is 0 Å². The molecule has 1 saturated heterocycles. The fourth-order valence-electron chi connectivity index (χ4n) is 2.87. The molecule has 1 aliphatic heterocycles. The topological polar surface area (TPSA) is 44.9 Å². The zero-order valence-corrected chi connectivity index (χ0v) is 10.6. The summed E-state index contributed by atoms with van der Waals surface area (Å²) in [5.74, 6) is 0.425. The van der Waals surface area contributed by atoms with Crippen molar-refractivity contribution >= 4 is 16.7 Å². The van der Waals surface area contributed by atoms with Crippen LogP contribution in [0.4, 0.5) is 0 Å². The molecule has 1 aliphatic rings. The van der Waals surface area contributed by atoms with Crippen molar-refractivity contribution in [2.24, 2.45) is 5.92 Å². The van der Waals surface area contributed by atoms with E-state index >= 15 is 0 Å². The molecule has 0 amide bonds. The van der Waals surface area contributed by atoms with Gasteiger partial charge in [-0.2, -0.15) is 0 Å². The molecule has 3 rings (SSSR count). The highest BCUT2D eigenvalue weighted by Crippen LogP contribution is 2.26. The SMILES string of the molecule is Cc1[nH]c2ccccc2c1C(=O)C1CCCNC1. The third kappa shape index (κ3) is 1.85. The van der Waals surface area contributed by atoms with Gasteiger partial charge in [0.2, 0.25) is 0 Å². The number of benzene rings is 1. The van der Waals surface area contributed by atoms with Gasteiger partial charge in [0.25, 0.3) is 0 Å². The molecule has 2 aromatic rings. The Bertz CT molecular complexity index is 579. The maximum absolute atomic E-state index is 12.6. The van der Waals surface area contributed by atoms with Gasteiger partial charge in [0.05, 0.1) is 0 Å². The number of para-hydroxylation sites is 1. The van der Waals surface area contributed by atoms with Crippen LogP contribution in [-0.4, -0.2) is 23.9 Å². The second-order valence-electron chi connectivity index (χ2n) is 5.08. The fourth-order valence-corrected chi connectivity index (χ4v) is 2.87. The molecule has 3 heteroatoms. The molecule has 0 spiro atoms. The molecule has 1 aromatic heterocycles. The lowest BCUT2D eigenvalue weighted by Gasteiger charge is -2.21. The average molecular weight is 242 g/mol. The number of H-pyrrole nitrogens is 1. The summed E-state index contributed by atoms with van der Waals surface area (Å²) in [5, 5.41) is 4.37. The van der Waals surface area contributed by atoms with Gasteiger partial charge < -0.3 is 10.3 Å². The zero-order valence-electron chi connectivity index (χ0n) is 10.6. The van der Waals surface area contributed by atoms with E-state index in [-0.39, 0.29) is 11.7 Å². The number of ketones is 1. The number of aryl methyl sites for hydroxylation is 1. The third-order valence-corrected chi connectivity index (χ3v) is 3.81. The van der Waals surface area contributed by atoms with Crippen LogP contribution in [0.25, 0.3) is 10.9 Å². The van der Waals surface area contributed by atoms with Crippen LogP contribution in [0.15, 0.2) is 24.3 Å². The van der Waals surface area contributed by atoms with Crippen LogP contribution in [-0.2, 0) is 0 Å². The first-order valence-electron chi connectivity index (χ1n) is 6.59. The largest absolute Gasteiger partial charge is 0.358 e. The molecule has 0 bridgehead atoms. The van der Waals surface area contributed by atoms with Crippen LogP contribution in [0.2, 0.25) is 0 Å². The van der Waals surface area contributed by atoms with E-state index in [1.54, 1.807) is 0 Å². The first kappa shape index (κ1) is 11.5. The van der Waals surface area contributed by atoms with Gasteiger partial charge in [0.1, 0.15) is 0 Å². The Kier molecular flexibility index (Phi) is 2.92. The average Bonchev–Trinajstić information content (AvgIpc) is 2.75. The fraction of sp³-hybridized carbons (Fsp3) is 0.400. The standard InChI is InChI=1S/C15H18N2O/c1-10-14(12-6-2-3-7-13(12)17-10)15(18)11-5-4-8-16-9-11/h2-3,6-7,11,16-17H,4-5,8-9H2,1H3. The minimum Gasteiger partial charge on any atom is -0.358 e. The van der Waals surface area contributed by atoms with E-state index in [0.717, 1.165) is 48.1 Å². The Balaban J connectivity index is 2.02. The minimum atomic E-state index is 0.136. The van der Waals surface area contributed by atoms with Crippen LogP contribution < -0.4 is 5.32 Å². The van der Waals surface area contributed by atoms with Gasteiger partial charge in [-0.15, -0.1) is 0 Å². The molecule has 2 N–H and O–H groups in total. The van der Waals surface area contributed by atoms with E-state index in [1.165, 1.54) is 0 Å². The van der Waals surface area contributed by atoms with E-state index in [1.807, 2.05) is 31.2 Å². The summed E-state index contributed by atoms with van der Waals surface area (Å²) in [6.45, 7) is 3.85. The first-order valence-corrected chi connectivity index (χ1v) is 6.59. The normalized spacial score (nSPS) is 20.2. The zero-order chi connectivity index (χ0) is 12.5. The molecule has 0 radical (unpaired) electrons. The number of fused-ring (bicyclic) bond motifs is 1. The second kappa shape index (κ2) is 4.58. The van der Waals surface area contributed by atoms with Crippen LogP contribution in [0.3, 0.4) is 0 Å². The molecule has 1 unspecified atom stereocenters. The van der Waals surface area contributed by atoms with E-state index in [0.29, 0.717) is 0 Å². The van der Waals surface area contributed by atoms with Crippen molar-refractivity contribution in [3.05, 3.63) is 35.5 Å². The number of piperidine rings is 1. The molecule has 1 atom stereocenters. The van der Waals surface area contributed by atoms with Crippen molar-refractivity contribution < 1.29 is 4.79 Å². The number of carbonyl (C=O) groups is 1. The van der Waals surface area contributed by atoms with E-state index in [9.17, 15) is 4.79 Å². The van der Waals surface area contributed by atoms with Crippen molar-refractivity contribution in [3.8, 4) is 0 Å². The molecule has 18 heavy (non-hydrogen) atoms. The van der Waals surface area contributed by atoms with Gasteiger partial charge in [0.15, 0.2) is 5.78 Å². The Labute approximate surface area is 107 Å². The number of carbonyl (C=O) groups excluding carboxylic acids is 1. The Morgan fingerprint density at radius 1 is 1.33 bits per heavy atom. The van der Waals surface area contributed by atoms with Crippen LogP contribution in [0.1, 0.15) is 28.9 Å². The molecular weight excluding hydrogens is 224 g/mol. The lowest BCUT2D eigenvalue weighted by atomic mass is 9.90. The van der Waals surface area contributed by atoms with Gasteiger partial charge in [-0.05, 0) is 32.4 Å². The van der Waals surface area contributed by atoms with Gasteiger partial charge in [-0.1, -0.05) is 18.2 Å². The Hall–Kier alpha value is -1.61. The van der Waals surface area contributed by atoms with Crippen LogP contribution >= 0.6 is 0 Å². The Morgan fingerprint density at radius 3 is 2.94 bits per heavy atom. The lowest BCUT2D eigenvalue weighted by Crippen LogP contribution is -2.34. The maximum Gasteiger partial charge on any atom is 0.169 e. The van der Waals surface area contributed by atoms with Gasteiger partial charge in [-0.3, -0.25) is 4.79 Å². The molecule has 0 saturated carbocycles. The summed E-state index contributed by atoms with van der Waals surface area (Å²) in [6, 6.07) is 8.04. The van der Waals surface area contributed by atoms with Gasteiger partial charge in [-0.25, -0.2) is 0 Å². The number of nitrogens with one attached hydrogen (secondary N) is 2. The summed E-state index contributed by atoms with van der Waals surface area (Å²) >= 11 is 0. The summed E-state index contributed by atoms with van der Waals surface area (Å²) in [5.41, 5.74) is 2.94. The van der Waals surface area contributed by atoms with Crippen molar-refractivity contribution in [2.75, 3.05) is 13.1 Å². The van der Waals surface area contributed by atoms with Crippen molar-refractivity contribution in [3.63, 3.8) is 0 Å². The van der Waals surface area contributed by atoms with E-state index in [4.69, 9.17) is 0 Å². The number of aromatic nitrogens is 1. The predicted molar refractivity (Wildman–Crippen MR) is 73.0 cm³/mol. The second-order valence-corrected chi connectivity index (χ2v) is 5.08. The number of hydrogen-bond acceptors (Lipinski definition) is 2. The number of Topliss-reactive ketones (excluding diaryl/α,β-unsaturated/α-hetero) is 1. The highest BCUT2D eigenvalue weighted by molar-refractivity contribution is 6.10. The Morgan fingerprint density at radius 2 is 2.17 bits per heavy atom. The number of rotatable bonds is 2. The molecule has 94 valence electrons.